The van der Waals surface area contributed by atoms with Crippen molar-refractivity contribution in [2.24, 2.45) is 5.73 Å². The molecule has 1 aliphatic rings. The summed E-state index contributed by atoms with van der Waals surface area (Å²) in [5, 5.41) is 0. The maximum absolute atomic E-state index is 12.6. The summed E-state index contributed by atoms with van der Waals surface area (Å²) in [6.45, 7) is 5.66. The number of nitrogens with two attached hydrogens (primary N) is 1. The summed E-state index contributed by atoms with van der Waals surface area (Å²) in [7, 11) is 1.50. The second kappa shape index (κ2) is 6.56. The predicted octanol–water partition coefficient (Wildman–Crippen LogP) is 3.53. The maximum atomic E-state index is 12.6. The zero-order valence-electron chi connectivity index (χ0n) is 13.1. The van der Waals surface area contributed by atoms with Crippen molar-refractivity contribution in [2.45, 2.75) is 45.6 Å². The summed E-state index contributed by atoms with van der Waals surface area (Å²) in [6.07, 6.45) is -4.88. The Kier molecular flexibility index (Phi) is 5.45. The van der Waals surface area contributed by atoms with Gasteiger partial charge < -0.3 is 10.5 Å². The summed E-state index contributed by atoms with van der Waals surface area (Å²) in [5.41, 5.74) is 4.43. The van der Waals surface area contributed by atoms with E-state index in [4.69, 9.17) is 4.74 Å². The molecular formula is C15H21F3N2O2. The lowest BCUT2D eigenvalue weighted by molar-refractivity contribution is -0.137. The van der Waals surface area contributed by atoms with Gasteiger partial charge in [0.25, 0.3) is 0 Å². The molecule has 124 valence electrons. The number of alkyl halides is 3. The van der Waals surface area contributed by atoms with E-state index in [2.05, 4.69) is 5.73 Å². The third kappa shape index (κ3) is 4.62. The normalized spacial score (nSPS) is 14.1. The molecule has 7 heteroatoms. The van der Waals surface area contributed by atoms with Crippen LogP contribution in [0.15, 0.2) is 18.2 Å². The summed E-state index contributed by atoms with van der Waals surface area (Å²) < 4.78 is 43.1. The minimum atomic E-state index is -4.37. The van der Waals surface area contributed by atoms with Crippen LogP contribution in [0.1, 0.15) is 37.5 Å². The fourth-order valence-electron chi connectivity index (χ4n) is 2.03. The van der Waals surface area contributed by atoms with Crippen LogP contribution in [0.5, 0.6) is 0 Å². The molecule has 2 rings (SSSR count). The van der Waals surface area contributed by atoms with Crippen LogP contribution in [0.4, 0.5) is 18.0 Å². The molecule has 0 aliphatic carbocycles. The Morgan fingerprint density at radius 1 is 1.14 bits per heavy atom. The molecule has 0 radical (unpaired) electrons. The van der Waals surface area contributed by atoms with Crippen LogP contribution < -0.4 is 5.73 Å². The van der Waals surface area contributed by atoms with Crippen LogP contribution in [0.2, 0.25) is 0 Å². The Labute approximate surface area is 128 Å². The van der Waals surface area contributed by atoms with Gasteiger partial charge in [-0.15, -0.1) is 0 Å². The highest BCUT2D eigenvalue weighted by Crippen LogP contribution is 2.33. The molecule has 0 atom stereocenters. The lowest BCUT2D eigenvalue weighted by Crippen LogP contribution is -2.33. The summed E-state index contributed by atoms with van der Waals surface area (Å²) in [4.78, 5) is 13.3. The molecular weight excluding hydrogens is 297 g/mol. The van der Waals surface area contributed by atoms with Gasteiger partial charge in [0.1, 0.15) is 5.60 Å². The van der Waals surface area contributed by atoms with E-state index < -0.39 is 23.4 Å². The van der Waals surface area contributed by atoms with Gasteiger partial charge in [0.2, 0.25) is 0 Å². The number of rotatable bonds is 0. The number of nitrogens with zero attached hydrogens (tertiary/aromatic N) is 1. The summed E-state index contributed by atoms with van der Waals surface area (Å²) >= 11 is 0. The monoisotopic (exact) mass is 318 g/mol. The Morgan fingerprint density at radius 2 is 1.68 bits per heavy atom. The van der Waals surface area contributed by atoms with Gasteiger partial charge >= 0.3 is 12.3 Å². The van der Waals surface area contributed by atoms with Crippen molar-refractivity contribution < 1.29 is 22.7 Å². The number of fused-ring (bicyclic) bond motifs is 1. The lowest BCUT2D eigenvalue weighted by Gasteiger charge is -2.24. The van der Waals surface area contributed by atoms with Crippen molar-refractivity contribution in [3.8, 4) is 0 Å². The van der Waals surface area contributed by atoms with E-state index in [1.165, 1.54) is 18.0 Å². The molecule has 1 aliphatic heterocycles. The number of halogens is 3. The number of carbonyl (C=O) groups is 1. The Balaban J connectivity index is 0.00000116. The van der Waals surface area contributed by atoms with E-state index >= 15 is 0 Å². The first-order valence-electron chi connectivity index (χ1n) is 6.81. The van der Waals surface area contributed by atoms with Crippen LogP contribution in [0.3, 0.4) is 0 Å². The largest absolute Gasteiger partial charge is 0.444 e. The first kappa shape index (κ1) is 18.3. The molecule has 1 aromatic rings. The maximum Gasteiger partial charge on any atom is 0.416 e. The van der Waals surface area contributed by atoms with Crippen LogP contribution in [0.25, 0.3) is 0 Å². The summed E-state index contributed by atoms with van der Waals surface area (Å²) in [5.74, 6) is 0. The number of hydrogen-bond acceptors (Lipinski definition) is 3. The predicted molar refractivity (Wildman–Crippen MR) is 77.0 cm³/mol. The topological polar surface area (TPSA) is 55.6 Å². The van der Waals surface area contributed by atoms with Crippen molar-refractivity contribution >= 4 is 6.09 Å². The quantitative estimate of drug-likeness (QED) is 0.796. The molecule has 0 spiro atoms. The van der Waals surface area contributed by atoms with Gasteiger partial charge in [-0.3, -0.25) is 4.90 Å². The average molecular weight is 318 g/mol. The second-order valence-corrected chi connectivity index (χ2v) is 5.82. The Hall–Kier alpha value is -1.76. The Bertz CT molecular complexity index is 537. The molecule has 0 bridgehead atoms. The van der Waals surface area contributed by atoms with Gasteiger partial charge in [-0.25, -0.2) is 4.79 Å². The van der Waals surface area contributed by atoms with E-state index in [0.717, 1.165) is 17.7 Å². The molecule has 4 nitrogen and oxygen atoms in total. The van der Waals surface area contributed by atoms with Gasteiger partial charge in [0, 0.05) is 13.1 Å². The number of ether oxygens (including phenoxy) is 1. The number of amides is 1. The standard InChI is InChI=1S/C14H16F3NO2.CH5N/c1-13(2,3)20-12(19)18-7-9-4-5-11(14(15,16)17)6-10(9)8-18;1-2/h4-6H,7-8H2,1-3H3;2H2,1H3. The fraction of sp³-hybridized carbons (Fsp3) is 0.533. The number of hydrogen-bond donors (Lipinski definition) is 1. The summed E-state index contributed by atoms with van der Waals surface area (Å²) in [6, 6.07) is 3.56. The van der Waals surface area contributed by atoms with Crippen molar-refractivity contribution in [3.63, 3.8) is 0 Å². The molecule has 1 aromatic carbocycles. The van der Waals surface area contributed by atoms with Gasteiger partial charge in [0.15, 0.2) is 0 Å². The van der Waals surface area contributed by atoms with Crippen LogP contribution in [-0.2, 0) is 24.0 Å². The van der Waals surface area contributed by atoms with E-state index in [9.17, 15) is 18.0 Å². The van der Waals surface area contributed by atoms with Gasteiger partial charge in [-0.1, -0.05) is 6.07 Å². The molecule has 1 amide bonds. The SMILES string of the molecule is CC(C)(C)OC(=O)N1Cc2ccc(C(F)(F)F)cc2C1.CN. The van der Waals surface area contributed by atoms with Crippen molar-refractivity contribution in [2.75, 3.05) is 7.05 Å². The molecule has 0 fully saturated rings. The average Bonchev–Trinajstić information content (AvgIpc) is 2.81. The molecule has 0 aromatic heterocycles. The van der Waals surface area contributed by atoms with Gasteiger partial charge in [-0.05, 0) is 51.1 Å². The second-order valence-electron chi connectivity index (χ2n) is 5.82. The molecule has 1 heterocycles. The highest BCUT2D eigenvalue weighted by atomic mass is 19.4. The smallest absolute Gasteiger partial charge is 0.416 e. The van der Waals surface area contributed by atoms with E-state index in [1.807, 2.05) is 0 Å². The zero-order valence-corrected chi connectivity index (χ0v) is 13.1. The minimum absolute atomic E-state index is 0.147. The van der Waals surface area contributed by atoms with E-state index in [0.29, 0.717) is 5.56 Å². The molecule has 2 N–H and O–H groups in total. The Morgan fingerprint density at radius 3 is 2.18 bits per heavy atom. The van der Waals surface area contributed by atoms with Crippen LogP contribution in [-0.4, -0.2) is 23.6 Å². The van der Waals surface area contributed by atoms with Crippen LogP contribution >= 0.6 is 0 Å². The zero-order chi connectivity index (χ0) is 17.1. The van der Waals surface area contributed by atoms with E-state index in [1.54, 1.807) is 20.8 Å². The fourth-order valence-corrected chi connectivity index (χ4v) is 2.03. The van der Waals surface area contributed by atoms with Gasteiger partial charge in [-0.2, -0.15) is 13.2 Å². The number of benzene rings is 1. The first-order valence-corrected chi connectivity index (χ1v) is 6.81. The minimum Gasteiger partial charge on any atom is -0.444 e. The first-order chi connectivity index (χ1) is 10.1. The van der Waals surface area contributed by atoms with Crippen LogP contribution in [0, 0.1) is 0 Å². The van der Waals surface area contributed by atoms with Crippen molar-refractivity contribution in [1.82, 2.24) is 4.90 Å². The third-order valence-electron chi connectivity index (χ3n) is 2.91. The number of carbonyl (C=O) groups excluding carboxylic acids is 1. The lowest BCUT2D eigenvalue weighted by atomic mass is 10.1. The van der Waals surface area contributed by atoms with E-state index in [-0.39, 0.29) is 13.1 Å². The third-order valence-corrected chi connectivity index (χ3v) is 2.91. The van der Waals surface area contributed by atoms with Gasteiger partial charge in [0.05, 0.1) is 5.56 Å². The van der Waals surface area contributed by atoms with Crippen molar-refractivity contribution in [3.05, 3.63) is 34.9 Å². The molecule has 0 unspecified atom stereocenters. The molecule has 0 saturated heterocycles. The highest BCUT2D eigenvalue weighted by molar-refractivity contribution is 5.69. The molecule has 22 heavy (non-hydrogen) atoms. The molecule has 0 saturated carbocycles. The van der Waals surface area contributed by atoms with Crippen molar-refractivity contribution in [1.29, 1.82) is 0 Å². The highest BCUT2D eigenvalue weighted by Gasteiger charge is 2.33.